The summed E-state index contributed by atoms with van der Waals surface area (Å²) in [4.78, 5) is 41.8. The zero-order valence-electron chi connectivity index (χ0n) is 23.0. The summed E-state index contributed by atoms with van der Waals surface area (Å²) in [6, 6.07) is 3.17. The number of phenols is 1. The largest absolute Gasteiger partial charge is 0.508 e. The number of aromatic hydroxyl groups is 1. The fourth-order valence-electron chi connectivity index (χ4n) is 4.58. The lowest BCUT2D eigenvalue weighted by molar-refractivity contribution is -0.142. The van der Waals surface area contributed by atoms with E-state index in [0.717, 1.165) is 44.9 Å². The standard InChI is InChI=1S/C28H45N3O5S/c1-6-7-11-16-31(26(34)22(18-37)30-27(35)36-28(3,4)5)24(20-14-15-23(32)19(2)17-20)25(33)29-21-12-9-8-10-13-21/h14-15,17,21-22,24,32,37H,6-13,16,18H2,1-5H3,(H,29,33)(H,30,35). The van der Waals surface area contributed by atoms with E-state index in [9.17, 15) is 19.5 Å². The SMILES string of the molecule is CCCCCN(C(=O)C(CS)NC(=O)OC(C)(C)C)C(C(=O)NC1CCCCC1)c1ccc(O)c(C)c1. The zero-order valence-corrected chi connectivity index (χ0v) is 23.9. The van der Waals surface area contributed by atoms with E-state index in [4.69, 9.17) is 4.74 Å². The molecule has 3 amide bonds. The number of hydrogen-bond acceptors (Lipinski definition) is 6. The Morgan fingerprint density at radius 1 is 1.16 bits per heavy atom. The Kier molecular flexibility index (Phi) is 12.1. The minimum Gasteiger partial charge on any atom is -0.508 e. The van der Waals surface area contributed by atoms with Crippen LogP contribution in [0.4, 0.5) is 4.79 Å². The molecule has 0 heterocycles. The van der Waals surface area contributed by atoms with Crippen molar-refractivity contribution in [3.63, 3.8) is 0 Å². The minimum atomic E-state index is -0.969. The van der Waals surface area contributed by atoms with Crippen molar-refractivity contribution in [1.82, 2.24) is 15.5 Å². The third-order valence-electron chi connectivity index (χ3n) is 6.51. The molecule has 0 spiro atoms. The van der Waals surface area contributed by atoms with E-state index in [1.54, 1.807) is 50.8 Å². The Balaban J connectivity index is 2.43. The highest BCUT2D eigenvalue weighted by Crippen LogP contribution is 2.28. The maximum atomic E-state index is 13.9. The van der Waals surface area contributed by atoms with Crippen molar-refractivity contribution < 1.29 is 24.2 Å². The normalized spacial score (nSPS) is 15.9. The molecule has 9 heteroatoms. The van der Waals surface area contributed by atoms with E-state index in [1.807, 2.05) is 0 Å². The van der Waals surface area contributed by atoms with Crippen molar-refractivity contribution in [3.05, 3.63) is 29.3 Å². The van der Waals surface area contributed by atoms with E-state index in [-0.39, 0.29) is 23.5 Å². The van der Waals surface area contributed by atoms with Crippen LogP contribution in [0.2, 0.25) is 0 Å². The quantitative estimate of drug-likeness (QED) is 0.235. The molecule has 0 radical (unpaired) electrons. The first-order valence-corrected chi connectivity index (χ1v) is 14.1. The van der Waals surface area contributed by atoms with Crippen LogP contribution in [0.25, 0.3) is 0 Å². The Morgan fingerprint density at radius 3 is 2.41 bits per heavy atom. The van der Waals surface area contributed by atoms with Gasteiger partial charge in [0.2, 0.25) is 11.8 Å². The van der Waals surface area contributed by atoms with Gasteiger partial charge in [0, 0.05) is 18.3 Å². The molecular weight excluding hydrogens is 490 g/mol. The molecule has 208 valence electrons. The van der Waals surface area contributed by atoms with Crippen molar-refractivity contribution in [2.24, 2.45) is 0 Å². The summed E-state index contributed by atoms with van der Waals surface area (Å²) >= 11 is 4.34. The second kappa shape index (κ2) is 14.5. The highest BCUT2D eigenvalue weighted by molar-refractivity contribution is 7.80. The Morgan fingerprint density at radius 2 is 1.84 bits per heavy atom. The smallest absolute Gasteiger partial charge is 0.408 e. The third-order valence-corrected chi connectivity index (χ3v) is 6.87. The average Bonchev–Trinajstić information content (AvgIpc) is 2.83. The van der Waals surface area contributed by atoms with Crippen molar-refractivity contribution in [1.29, 1.82) is 0 Å². The summed E-state index contributed by atoms with van der Waals surface area (Å²) in [6.45, 7) is 9.43. The van der Waals surface area contributed by atoms with Gasteiger partial charge in [0.05, 0.1) is 0 Å². The molecule has 0 aliphatic heterocycles. The molecule has 2 unspecified atom stereocenters. The lowest BCUT2D eigenvalue weighted by Gasteiger charge is -2.35. The number of aryl methyl sites for hydroxylation is 1. The Bertz CT molecular complexity index is 912. The van der Waals surface area contributed by atoms with Crippen molar-refractivity contribution in [3.8, 4) is 5.75 Å². The van der Waals surface area contributed by atoms with E-state index in [0.29, 0.717) is 24.1 Å². The summed E-state index contributed by atoms with van der Waals surface area (Å²) in [5.41, 5.74) is 0.511. The van der Waals surface area contributed by atoms with Gasteiger partial charge in [-0.1, -0.05) is 45.1 Å². The van der Waals surface area contributed by atoms with Crippen LogP contribution in [0, 0.1) is 6.92 Å². The first-order valence-electron chi connectivity index (χ1n) is 13.5. The van der Waals surface area contributed by atoms with Crippen LogP contribution in [-0.2, 0) is 14.3 Å². The molecule has 1 fully saturated rings. The van der Waals surface area contributed by atoms with E-state index in [1.165, 1.54) is 0 Å². The van der Waals surface area contributed by atoms with Crippen LogP contribution < -0.4 is 10.6 Å². The number of nitrogens with one attached hydrogen (secondary N) is 2. The first kappa shape index (κ1) is 30.8. The maximum Gasteiger partial charge on any atom is 0.408 e. The summed E-state index contributed by atoms with van der Waals surface area (Å²) in [5, 5.41) is 15.9. The topological polar surface area (TPSA) is 108 Å². The van der Waals surface area contributed by atoms with Crippen LogP contribution in [0.3, 0.4) is 0 Å². The van der Waals surface area contributed by atoms with Gasteiger partial charge in [0.15, 0.2) is 0 Å². The maximum absolute atomic E-state index is 13.9. The number of amides is 3. The van der Waals surface area contributed by atoms with Crippen molar-refractivity contribution in [2.45, 2.75) is 110 Å². The van der Waals surface area contributed by atoms with Gasteiger partial charge in [-0.05, 0) is 70.2 Å². The lowest BCUT2D eigenvalue weighted by atomic mass is 9.94. The van der Waals surface area contributed by atoms with Crippen LogP contribution >= 0.6 is 12.6 Å². The van der Waals surface area contributed by atoms with Gasteiger partial charge in [-0.3, -0.25) is 9.59 Å². The molecule has 37 heavy (non-hydrogen) atoms. The van der Waals surface area contributed by atoms with Crippen LogP contribution in [-0.4, -0.2) is 57.9 Å². The van der Waals surface area contributed by atoms with Gasteiger partial charge >= 0.3 is 6.09 Å². The van der Waals surface area contributed by atoms with Gasteiger partial charge < -0.3 is 25.4 Å². The number of benzene rings is 1. The fraction of sp³-hybridized carbons (Fsp3) is 0.679. The number of thiol groups is 1. The number of phenolic OH excluding ortho intramolecular Hbond substituents is 1. The van der Waals surface area contributed by atoms with Crippen molar-refractivity contribution in [2.75, 3.05) is 12.3 Å². The molecule has 1 aromatic carbocycles. The van der Waals surface area contributed by atoms with Gasteiger partial charge in [0.25, 0.3) is 0 Å². The molecule has 1 aliphatic rings. The summed E-state index contributed by atoms with van der Waals surface area (Å²) in [7, 11) is 0. The number of rotatable bonds is 11. The van der Waals surface area contributed by atoms with E-state index >= 15 is 0 Å². The van der Waals surface area contributed by atoms with E-state index in [2.05, 4.69) is 30.2 Å². The lowest BCUT2D eigenvalue weighted by Crippen LogP contribution is -2.54. The van der Waals surface area contributed by atoms with Crippen molar-refractivity contribution >= 4 is 30.5 Å². The zero-order chi connectivity index (χ0) is 27.6. The molecule has 2 atom stereocenters. The summed E-state index contributed by atoms with van der Waals surface area (Å²) < 4.78 is 5.36. The summed E-state index contributed by atoms with van der Waals surface area (Å²) in [6.07, 6.45) is 6.95. The molecule has 1 saturated carbocycles. The second-order valence-corrected chi connectivity index (χ2v) is 11.3. The predicted molar refractivity (Wildman–Crippen MR) is 149 cm³/mol. The number of unbranched alkanes of at least 4 members (excludes halogenated alkanes) is 2. The molecule has 0 bridgehead atoms. The molecular formula is C28H45N3O5S. The van der Waals surface area contributed by atoms with Crippen LogP contribution in [0.15, 0.2) is 18.2 Å². The fourth-order valence-corrected chi connectivity index (χ4v) is 4.83. The molecule has 8 nitrogen and oxygen atoms in total. The van der Waals surface area contributed by atoms with Gasteiger partial charge in [-0.15, -0.1) is 0 Å². The molecule has 0 aromatic heterocycles. The molecule has 3 N–H and O–H groups in total. The monoisotopic (exact) mass is 535 g/mol. The highest BCUT2D eigenvalue weighted by atomic mass is 32.1. The third kappa shape index (κ3) is 9.76. The van der Waals surface area contributed by atoms with Crippen LogP contribution in [0.5, 0.6) is 5.75 Å². The van der Waals surface area contributed by atoms with Gasteiger partial charge in [-0.25, -0.2) is 4.79 Å². The van der Waals surface area contributed by atoms with Gasteiger partial charge in [0.1, 0.15) is 23.4 Å². The Hall–Kier alpha value is -2.42. The second-order valence-electron chi connectivity index (χ2n) is 10.9. The minimum absolute atomic E-state index is 0.0495. The average molecular weight is 536 g/mol. The molecule has 1 aromatic rings. The predicted octanol–water partition coefficient (Wildman–Crippen LogP) is 5.03. The number of ether oxygens (including phenoxy) is 1. The van der Waals surface area contributed by atoms with E-state index < -0.39 is 29.7 Å². The molecule has 2 rings (SSSR count). The molecule has 1 aliphatic carbocycles. The number of carbonyl (C=O) groups excluding carboxylic acids is 3. The molecule has 0 saturated heterocycles. The highest BCUT2D eigenvalue weighted by Gasteiger charge is 2.36. The first-order chi connectivity index (χ1) is 17.5. The number of alkyl carbamates (subject to hydrolysis) is 1. The van der Waals surface area contributed by atoms with Gasteiger partial charge in [-0.2, -0.15) is 12.6 Å². The number of nitrogens with zero attached hydrogens (tertiary/aromatic N) is 1. The Labute approximate surface area is 227 Å². The number of hydrogen-bond donors (Lipinski definition) is 4. The number of carbonyl (C=O) groups is 3. The van der Waals surface area contributed by atoms with Crippen LogP contribution in [0.1, 0.15) is 96.2 Å². The summed E-state index contributed by atoms with van der Waals surface area (Å²) in [5.74, 6) is -0.476.